The van der Waals surface area contributed by atoms with Crippen LogP contribution in [0.25, 0.3) is 0 Å². The van der Waals surface area contributed by atoms with E-state index in [-0.39, 0.29) is 10.8 Å². The lowest BCUT2D eigenvalue weighted by Crippen LogP contribution is -2.23. The van der Waals surface area contributed by atoms with Crippen LogP contribution in [0, 0.1) is 0 Å². The van der Waals surface area contributed by atoms with E-state index in [4.69, 9.17) is 11.6 Å². The van der Waals surface area contributed by atoms with Gasteiger partial charge in [0.15, 0.2) is 5.82 Å². The standard InChI is InChI=1S/C19H26ClN3O2S/c1-4-5-6-15-7-9-17(10-8-15)21-12-16-11-18(20)19(22-13-16)23-26(24,25)14(2)3/h7-11,13-14,21H,4-6,12H2,1-3H3,(H,22,23). The first-order valence-corrected chi connectivity index (χ1v) is 10.7. The summed E-state index contributed by atoms with van der Waals surface area (Å²) in [7, 11) is -3.47. The molecule has 0 aliphatic carbocycles. The highest BCUT2D eigenvalue weighted by molar-refractivity contribution is 7.93. The first-order chi connectivity index (χ1) is 12.3. The molecule has 0 bridgehead atoms. The zero-order valence-electron chi connectivity index (χ0n) is 15.4. The summed E-state index contributed by atoms with van der Waals surface area (Å²) in [4.78, 5) is 4.14. The largest absolute Gasteiger partial charge is 0.381 e. The van der Waals surface area contributed by atoms with Gasteiger partial charge >= 0.3 is 0 Å². The molecule has 0 amide bonds. The van der Waals surface area contributed by atoms with E-state index in [1.165, 1.54) is 18.4 Å². The molecule has 142 valence electrons. The van der Waals surface area contributed by atoms with Crippen LogP contribution in [-0.2, 0) is 23.0 Å². The molecular formula is C19H26ClN3O2S. The molecule has 2 rings (SSSR count). The van der Waals surface area contributed by atoms with Gasteiger partial charge in [-0.05, 0) is 56.0 Å². The molecule has 1 heterocycles. The molecule has 0 fully saturated rings. The molecule has 0 saturated carbocycles. The van der Waals surface area contributed by atoms with Crippen LogP contribution in [-0.4, -0.2) is 18.7 Å². The van der Waals surface area contributed by atoms with Crippen molar-refractivity contribution in [3.63, 3.8) is 0 Å². The van der Waals surface area contributed by atoms with Crippen LogP contribution in [0.15, 0.2) is 36.5 Å². The number of rotatable bonds is 9. The van der Waals surface area contributed by atoms with Crippen molar-refractivity contribution in [3.8, 4) is 0 Å². The maximum atomic E-state index is 11.9. The summed E-state index contributed by atoms with van der Waals surface area (Å²) in [6.07, 6.45) is 5.11. The van der Waals surface area contributed by atoms with Gasteiger partial charge in [-0.15, -0.1) is 0 Å². The van der Waals surface area contributed by atoms with E-state index in [1.807, 2.05) is 0 Å². The number of sulfonamides is 1. The van der Waals surface area contributed by atoms with Crippen LogP contribution < -0.4 is 10.0 Å². The third-order valence-corrected chi connectivity index (χ3v) is 6.03. The van der Waals surface area contributed by atoms with Gasteiger partial charge in [-0.2, -0.15) is 0 Å². The van der Waals surface area contributed by atoms with E-state index in [2.05, 4.69) is 46.2 Å². The van der Waals surface area contributed by atoms with Gasteiger partial charge in [0.2, 0.25) is 10.0 Å². The van der Waals surface area contributed by atoms with Gasteiger partial charge in [-0.3, -0.25) is 4.72 Å². The average molecular weight is 396 g/mol. The molecule has 2 N–H and O–H groups in total. The number of pyridine rings is 1. The van der Waals surface area contributed by atoms with E-state index in [1.54, 1.807) is 26.1 Å². The van der Waals surface area contributed by atoms with Crippen molar-refractivity contribution < 1.29 is 8.42 Å². The highest BCUT2D eigenvalue weighted by atomic mass is 35.5. The minimum atomic E-state index is -3.47. The van der Waals surface area contributed by atoms with Gasteiger partial charge in [0, 0.05) is 18.4 Å². The Morgan fingerprint density at radius 3 is 2.42 bits per heavy atom. The zero-order valence-corrected chi connectivity index (χ0v) is 17.0. The fraction of sp³-hybridized carbons (Fsp3) is 0.421. The van der Waals surface area contributed by atoms with E-state index < -0.39 is 15.3 Å². The second-order valence-corrected chi connectivity index (χ2v) is 9.17. The summed E-state index contributed by atoms with van der Waals surface area (Å²) >= 11 is 6.17. The van der Waals surface area contributed by atoms with E-state index in [0.29, 0.717) is 6.54 Å². The lowest BCUT2D eigenvalue weighted by Gasteiger charge is -2.12. The second-order valence-electron chi connectivity index (χ2n) is 6.52. The molecule has 0 aliphatic heterocycles. The Kier molecular flexibility index (Phi) is 7.29. The highest BCUT2D eigenvalue weighted by Gasteiger charge is 2.18. The summed E-state index contributed by atoms with van der Waals surface area (Å²) in [6.45, 7) is 5.94. The molecule has 1 aromatic heterocycles. The fourth-order valence-electron chi connectivity index (χ4n) is 2.28. The SMILES string of the molecule is CCCCc1ccc(NCc2cnc(NS(=O)(=O)C(C)C)c(Cl)c2)cc1. The predicted molar refractivity (Wildman–Crippen MR) is 109 cm³/mol. The summed E-state index contributed by atoms with van der Waals surface area (Å²) < 4.78 is 26.3. The van der Waals surface area contributed by atoms with Crippen molar-refractivity contribution in [2.45, 2.75) is 51.8 Å². The number of nitrogens with zero attached hydrogens (tertiary/aromatic N) is 1. The molecule has 7 heteroatoms. The Balaban J connectivity index is 1.97. The molecule has 0 unspecified atom stereocenters. The van der Waals surface area contributed by atoms with Crippen molar-refractivity contribution in [2.75, 3.05) is 10.0 Å². The number of benzene rings is 1. The first-order valence-electron chi connectivity index (χ1n) is 8.80. The minimum Gasteiger partial charge on any atom is -0.381 e. The second kappa shape index (κ2) is 9.24. The van der Waals surface area contributed by atoms with Gasteiger partial charge in [0.05, 0.1) is 10.3 Å². The maximum Gasteiger partial charge on any atom is 0.236 e. The molecule has 2 aromatic rings. The van der Waals surface area contributed by atoms with Gasteiger partial charge in [0.1, 0.15) is 0 Å². The zero-order chi connectivity index (χ0) is 19.2. The van der Waals surface area contributed by atoms with Crippen LogP contribution in [0.5, 0.6) is 0 Å². The third-order valence-electron chi connectivity index (χ3n) is 4.03. The number of nitrogens with one attached hydrogen (secondary N) is 2. The smallest absolute Gasteiger partial charge is 0.236 e. The van der Waals surface area contributed by atoms with Crippen LogP contribution in [0.4, 0.5) is 11.5 Å². The molecule has 5 nitrogen and oxygen atoms in total. The van der Waals surface area contributed by atoms with E-state index in [9.17, 15) is 8.42 Å². The van der Waals surface area contributed by atoms with Gasteiger partial charge in [-0.1, -0.05) is 37.1 Å². The van der Waals surface area contributed by atoms with Gasteiger partial charge in [-0.25, -0.2) is 13.4 Å². The molecule has 1 aromatic carbocycles. The van der Waals surface area contributed by atoms with Crippen molar-refractivity contribution in [1.82, 2.24) is 4.98 Å². The fourth-order valence-corrected chi connectivity index (χ4v) is 3.24. The molecule has 0 aliphatic rings. The molecule has 0 saturated heterocycles. The van der Waals surface area contributed by atoms with Gasteiger partial charge in [0.25, 0.3) is 0 Å². The van der Waals surface area contributed by atoms with Crippen LogP contribution in [0.1, 0.15) is 44.7 Å². The number of unbranched alkanes of at least 4 members (excludes halogenated alkanes) is 1. The maximum absolute atomic E-state index is 11.9. The quantitative estimate of drug-likeness (QED) is 0.637. The van der Waals surface area contributed by atoms with E-state index in [0.717, 1.165) is 17.7 Å². The minimum absolute atomic E-state index is 0.157. The molecule has 26 heavy (non-hydrogen) atoms. The van der Waals surface area contributed by atoms with Crippen LogP contribution >= 0.6 is 11.6 Å². The summed E-state index contributed by atoms with van der Waals surface area (Å²) in [5.41, 5.74) is 3.23. The normalized spacial score (nSPS) is 11.6. The van der Waals surface area contributed by atoms with Crippen LogP contribution in [0.2, 0.25) is 5.02 Å². The summed E-state index contributed by atoms with van der Waals surface area (Å²) in [5, 5.41) is 3.05. The number of hydrogen-bond acceptors (Lipinski definition) is 4. The number of aryl methyl sites for hydroxylation is 1. The Hall–Kier alpha value is -1.79. The average Bonchev–Trinajstić information content (AvgIpc) is 2.61. The van der Waals surface area contributed by atoms with Crippen molar-refractivity contribution in [1.29, 1.82) is 0 Å². The van der Waals surface area contributed by atoms with Gasteiger partial charge < -0.3 is 5.32 Å². The Labute approximate surface area is 161 Å². The molecule has 0 spiro atoms. The topological polar surface area (TPSA) is 71.1 Å². The highest BCUT2D eigenvalue weighted by Crippen LogP contribution is 2.22. The molecular weight excluding hydrogens is 370 g/mol. The Morgan fingerprint density at radius 1 is 1.15 bits per heavy atom. The summed E-state index contributed by atoms with van der Waals surface area (Å²) in [5.74, 6) is 0.157. The Bertz CT molecular complexity index is 821. The lowest BCUT2D eigenvalue weighted by atomic mass is 10.1. The molecule has 0 radical (unpaired) electrons. The van der Waals surface area contributed by atoms with Crippen LogP contribution in [0.3, 0.4) is 0 Å². The van der Waals surface area contributed by atoms with E-state index >= 15 is 0 Å². The molecule has 0 atom stereocenters. The number of aromatic nitrogens is 1. The summed E-state index contributed by atoms with van der Waals surface area (Å²) in [6, 6.07) is 10.1. The van der Waals surface area contributed by atoms with Crippen molar-refractivity contribution >= 4 is 33.1 Å². The lowest BCUT2D eigenvalue weighted by molar-refractivity contribution is 0.592. The monoisotopic (exact) mass is 395 g/mol. The number of halogens is 1. The predicted octanol–water partition coefficient (Wildman–Crippen LogP) is 4.84. The van der Waals surface area contributed by atoms with Crippen molar-refractivity contribution in [2.24, 2.45) is 0 Å². The van der Waals surface area contributed by atoms with Crippen molar-refractivity contribution in [3.05, 3.63) is 52.7 Å². The third kappa shape index (κ3) is 5.88. The Morgan fingerprint density at radius 2 is 1.85 bits per heavy atom. The first kappa shape index (κ1) is 20.5. The number of anilines is 2. The number of hydrogen-bond donors (Lipinski definition) is 2.